The molecular formula is C46H68N2O18. The van der Waals surface area contributed by atoms with Gasteiger partial charge in [-0.3, -0.25) is 9.59 Å². The van der Waals surface area contributed by atoms with E-state index >= 15 is 0 Å². The van der Waals surface area contributed by atoms with Crippen molar-refractivity contribution < 1.29 is 85.6 Å². The number of ether oxygens (including phenoxy) is 13. The van der Waals surface area contributed by atoms with E-state index in [1.54, 1.807) is 0 Å². The van der Waals surface area contributed by atoms with Crippen LogP contribution in [0.3, 0.4) is 0 Å². The zero-order valence-corrected chi connectivity index (χ0v) is 38.0. The molecule has 370 valence electrons. The number of hydrogen-bond donors (Lipinski definition) is 1. The average Bonchev–Trinajstić information content (AvgIpc) is 3.82. The Balaban J connectivity index is 0.753. The summed E-state index contributed by atoms with van der Waals surface area (Å²) in [6, 6.07) is 16.5. The minimum Gasteiger partial charge on any atom is -0.449 e. The molecule has 1 fully saturated rings. The molecule has 66 heavy (non-hydrogen) atoms. The van der Waals surface area contributed by atoms with Crippen molar-refractivity contribution in [1.82, 2.24) is 10.4 Å². The molecule has 1 heterocycles. The number of amides is 3. The number of fused-ring (bicyclic) bond motifs is 3. The third-order valence-corrected chi connectivity index (χ3v) is 9.60. The van der Waals surface area contributed by atoms with E-state index in [9.17, 15) is 19.2 Å². The van der Waals surface area contributed by atoms with Crippen LogP contribution in [0.15, 0.2) is 48.5 Å². The molecule has 0 bridgehead atoms. The van der Waals surface area contributed by atoms with Gasteiger partial charge in [-0.05, 0) is 22.3 Å². The Hall–Kier alpha value is -4.16. The summed E-state index contributed by atoms with van der Waals surface area (Å²) in [4.78, 5) is 51.6. The highest BCUT2D eigenvalue weighted by atomic mass is 16.7. The Kier molecular flexibility index (Phi) is 29.7. The van der Waals surface area contributed by atoms with Crippen molar-refractivity contribution in [2.75, 3.05) is 172 Å². The number of nitrogens with one attached hydrogen (secondary N) is 1. The molecule has 1 aliphatic heterocycles. The normalized spacial score (nSPS) is 13.4. The summed E-state index contributed by atoms with van der Waals surface area (Å²) in [5.74, 6) is -1.71. The number of imide groups is 1. The van der Waals surface area contributed by atoms with Gasteiger partial charge in [0.1, 0.15) is 6.61 Å². The molecule has 0 unspecified atom stereocenters. The molecule has 2 aromatic carbocycles. The largest absolute Gasteiger partial charge is 0.449 e. The van der Waals surface area contributed by atoms with Gasteiger partial charge in [0.25, 0.3) is 11.8 Å². The van der Waals surface area contributed by atoms with Crippen LogP contribution in [0.2, 0.25) is 0 Å². The van der Waals surface area contributed by atoms with Crippen LogP contribution in [0.1, 0.15) is 36.3 Å². The third-order valence-electron chi connectivity index (χ3n) is 9.60. The Morgan fingerprint density at radius 3 is 1.14 bits per heavy atom. The van der Waals surface area contributed by atoms with Crippen molar-refractivity contribution in [3.8, 4) is 11.1 Å². The summed E-state index contributed by atoms with van der Waals surface area (Å²) in [5, 5.41) is 3.26. The van der Waals surface area contributed by atoms with Crippen LogP contribution in [-0.2, 0) is 80.8 Å². The molecule has 2 aromatic rings. The van der Waals surface area contributed by atoms with Crippen LogP contribution in [0.4, 0.5) is 4.79 Å². The fourth-order valence-corrected chi connectivity index (χ4v) is 6.36. The maximum Gasteiger partial charge on any atom is 0.407 e. The van der Waals surface area contributed by atoms with Crippen LogP contribution < -0.4 is 5.32 Å². The second-order valence-electron chi connectivity index (χ2n) is 14.4. The predicted octanol–water partition coefficient (Wildman–Crippen LogP) is 2.72. The average molecular weight is 937 g/mol. The lowest BCUT2D eigenvalue weighted by atomic mass is 9.98. The maximum absolute atomic E-state index is 12.3. The number of alkyl carbamates (subject to hydrolysis) is 1. The van der Waals surface area contributed by atoms with E-state index in [4.69, 9.17) is 66.4 Å². The number of nitrogens with zero attached hydrogens (tertiary/aromatic N) is 1. The fraction of sp³-hybridized carbons (Fsp3) is 0.652. The zero-order chi connectivity index (χ0) is 46.5. The molecule has 0 saturated carbocycles. The molecule has 2 aliphatic rings. The lowest BCUT2D eigenvalue weighted by Gasteiger charge is -2.14. The quantitative estimate of drug-likeness (QED) is 0.0749. The molecule has 1 N–H and O–H groups in total. The molecule has 20 nitrogen and oxygen atoms in total. The SMILES string of the molecule is O=C(CCOCCOCCOCCOCCOCCOCCOCCOCCOCCOCCOCCOCCNC(=O)OCC1c2ccccc2-c2ccccc21)ON1C(=O)CCC1=O. The van der Waals surface area contributed by atoms with Crippen molar-refractivity contribution in [3.05, 3.63) is 59.7 Å². The smallest absolute Gasteiger partial charge is 0.407 e. The van der Waals surface area contributed by atoms with Gasteiger partial charge in [-0.25, -0.2) is 9.59 Å². The first-order valence-corrected chi connectivity index (χ1v) is 22.6. The number of hydrogen-bond acceptors (Lipinski definition) is 18. The van der Waals surface area contributed by atoms with Crippen molar-refractivity contribution in [1.29, 1.82) is 0 Å². The molecule has 0 atom stereocenters. The number of benzene rings is 2. The number of rotatable bonds is 42. The van der Waals surface area contributed by atoms with Gasteiger partial charge in [0.05, 0.1) is 165 Å². The predicted molar refractivity (Wildman–Crippen MR) is 235 cm³/mol. The molecule has 0 aromatic heterocycles. The first-order valence-electron chi connectivity index (χ1n) is 22.6. The first-order chi connectivity index (χ1) is 32.5. The van der Waals surface area contributed by atoms with Gasteiger partial charge in [-0.2, -0.15) is 0 Å². The molecule has 20 heteroatoms. The third kappa shape index (κ3) is 23.5. The Morgan fingerprint density at radius 1 is 0.455 bits per heavy atom. The summed E-state index contributed by atoms with van der Waals surface area (Å²) in [6.07, 6.45) is -0.434. The second kappa shape index (κ2) is 36.0. The maximum atomic E-state index is 12.3. The number of carbonyl (C=O) groups excluding carboxylic acids is 4. The van der Waals surface area contributed by atoms with Crippen LogP contribution in [-0.4, -0.2) is 201 Å². The highest BCUT2D eigenvalue weighted by Crippen LogP contribution is 2.44. The van der Waals surface area contributed by atoms with E-state index in [2.05, 4.69) is 29.6 Å². The Morgan fingerprint density at radius 2 is 0.773 bits per heavy atom. The molecular weight excluding hydrogens is 869 g/mol. The van der Waals surface area contributed by atoms with Gasteiger partial charge in [0.15, 0.2) is 0 Å². The Bertz CT molecular complexity index is 1570. The lowest BCUT2D eigenvalue weighted by Crippen LogP contribution is -2.32. The minimum absolute atomic E-state index is 0.0266. The highest BCUT2D eigenvalue weighted by molar-refractivity contribution is 6.01. The summed E-state index contributed by atoms with van der Waals surface area (Å²) in [7, 11) is 0. The van der Waals surface area contributed by atoms with Crippen LogP contribution >= 0.6 is 0 Å². The van der Waals surface area contributed by atoms with Crippen molar-refractivity contribution in [2.24, 2.45) is 0 Å². The molecule has 0 spiro atoms. The highest BCUT2D eigenvalue weighted by Gasteiger charge is 2.33. The summed E-state index contributed by atoms with van der Waals surface area (Å²) in [5.41, 5.74) is 4.74. The first kappa shape index (κ1) is 54.4. The van der Waals surface area contributed by atoms with Crippen molar-refractivity contribution >= 4 is 23.9 Å². The van der Waals surface area contributed by atoms with E-state index in [1.807, 2.05) is 24.3 Å². The van der Waals surface area contributed by atoms with Gasteiger partial charge in [-0.15, -0.1) is 5.06 Å². The number of carbonyl (C=O) groups is 4. The van der Waals surface area contributed by atoms with Crippen molar-refractivity contribution in [2.45, 2.75) is 25.2 Å². The molecule has 3 amide bonds. The second-order valence-corrected chi connectivity index (χ2v) is 14.4. The Labute approximate surface area is 386 Å². The lowest BCUT2D eigenvalue weighted by molar-refractivity contribution is -0.198. The zero-order valence-electron chi connectivity index (χ0n) is 38.0. The van der Waals surface area contributed by atoms with Gasteiger partial charge in [0, 0.05) is 25.3 Å². The summed E-state index contributed by atoms with van der Waals surface area (Å²) >= 11 is 0. The standard InChI is InChI=1S/C46H68N2O18/c49-43-9-10-44(50)48(43)66-45(51)11-13-53-15-17-55-19-21-57-23-25-59-27-29-61-31-33-63-35-36-64-34-32-62-30-28-60-26-24-58-22-20-56-18-16-54-14-12-47-46(52)65-37-42-40-7-3-1-5-38(40)39-6-2-4-8-41(39)42/h1-8,42H,9-37H2,(H,47,52). The summed E-state index contributed by atoms with van der Waals surface area (Å²) < 4.78 is 71.2. The minimum atomic E-state index is -0.704. The molecule has 0 radical (unpaired) electrons. The van der Waals surface area contributed by atoms with Gasteiger partial charge in [-0.1, -0.05) is 48.5 Å². The molecule has 1 saturated heterocycles. The molecule has 4 rings (SSSR count). The van der Waals surface area contributed by atoms with Crippen LogP contribution in [0.25, 0.3) is 11.1 Å². The fourth-order valence-electron chi connectivity index (χ4n) is 6.36. The van der Waals surface area contributed by atoms with E-state index < -0.39 is 23.9 Å². The van der Waals surface area contributed by atoms with Gasteiger partial charge >= 0.3 is 12.1 Å². The molecule has 1 aliphatic carbocycles. The van der Waals surface area contributed by atoms with Crippen LogP contribution in [0.5, 0.6) is 0 Å². The van der Waals surface area contributed by atoms with E-state index in [0.717, 1.165) is 0 Å². The number of hydroxylamine groups is 2. The van der Waals surface area contributed by atoms with E-state index in [1.165, 1.54) is 22.3 Å². The van der Waals surface area contributed by atoms with Gasteiger partial charge in [0.2, 0.25) is 0 Å². The monoisotopic (exact) mass is 936 g/mol. The summed E-state index contributed by atoms with van der Waals surface area (Å²) in [6.45, 7) is 10.6. The van der Waals surface area contributed by atoms with E-state index in [0.29, 0.717) is 157 Å². The topological polar surface area (TPSA) is 213 Å². The van der Waals surface area contributed by atoms with Crippen molar-refractivity contribution in [3.63, 3.8) is 0 Å². The van der Waals surface area contributed by atoms with Gasteiger partial charge < -0.3 is 71.7 Å². The van der Waals surface area contributed by atoms with Crippen LogP contribution in [0, 0.1) is 0 Å². The van der Waals surface area contributed by atoms with E-state index in [-0.39, 0.29) is 45.0 Å².